The van der Waals surface area contributed by atoms with Gasteiger partial charge in [-0.25, -0.2) is 4.79 Å². The molecule has 0 heterocycles. The Morgan fingerprint density at radius 1 is 1.26 bits per heavy atom. The first-order valence-electron chi connectivity index (χ1n) is 6.35. The molecule has 0 fully saturated rings. The molecule has 122 valence electrons. The fourth-order valence-electron chi connectivity index (χ4n) is 1.35. The molecule has 1 rings (SSSR count). The molecule has 0 aromatic heterocycles. The zero-order valence-electron chi connectivity index (χ0n) is 12.2. The van der Waals surface area contributed by atoms with Crippen LogP contribution in [0.5, 0.6) is 0 Å². The molecule has 0 aliphatic rings. The molecule has 0 saturated heterocycles. The summed E-state index contributed by atoms with van der Waals surface area (Å²) in [5, 5.41) is 12.7. The van der Waals surface area contributed by atoms with Crippen LogP contribution < -0.4 is 5.32 Å². The van der Waals surface area contributed by atoms with Crippen LogP contribution in [-0.4, -0.2) is 43.0 Å². The number of amides is 1. The molecule has 0 aliphatic heterocycles. The predicted octanol–water partition coefficient (Wildman–Crippen LogP) is 0.440. The maximum atomic E-state index is 11.4. The van der Waals surface area contributed by atoms with Crippen molar-refractivity contribution in [1.82, 2.24) is 5.32 Å². The third-order valence-corrected chi connectivity index (χ3v) is 2.52. The standard InChI is InChI=1S/C14H14N2O7/c1-22-14(19)8-15-12(17)9-23-13(18)7-4-10-2-5-11(6-3-10)16(20)21/h2-7H,8-9H2,1H3,(H,15,17). The Hall–Kier alpha value is -3.23. The minimum atomic E-state index is -0.767. The quantitative estimate of drug-likeness (QED) is 0.334. The molecule has 0 spiro atoms. The van der Waals surface area contributed by atoms with Crippen LogP contribution in [0.25, 0.3) is 6.08 Å². The van der Waals surface area contributed by atoms with E-state index in [9.17, 15) is 24.5 Å². The number of esters is 2. The van der Waals surface area contributed by atoms with Gasteiger partial charge in [-0.15, -0.1) is 0 Å². The number of carbonyl (C=O) groups excluding carboxylic acids is 3. The van der Waals surface area contributed by atoms with E-state index in [0.717, 1.165) is 6.08 Å². The fraction of sp³-hybridized carbons (Fsp3) is 0.214. The van der Waals surface area contributed by atoms with Crippen LogP contribution in [0.3, 0.4) is 0 Å². The zero-order chi connectivity index (χ0) is 17.2. The van der Waals surface area contributed by atoms with E-state index < -0.39 is 29.4 Å². The zero-order valence-corrected chi connectivity index (χ0v) is 12.2. The second-order valence-corrected chi connectivity index (χ2v) is 4.14. The molecule has 23 heavy (non-hydrogen) atoms. The lowest BCUT2D eigenvalue weighted by Crippen LogP contribution is -2.33. The largest absolute Gasteiger partial charge is 0.468 e. The van der Waals surface area contributed by atoms with Crippen LogP contribution in [-0.2, 0) is 23.9 Å². The van der Waals surface area contributed by atoms with Crippen molar-refractivity contribution in [3.05, 3.63) is 46.0 Å². The maximum Gasteiger partial charge on any atom is 0.331 e. The van der Waals surface area contributed by atoms with Crippen LogP contribution >= 0.6 is 0 Å². The van der Waals surface area contributed by atoms with Gasteiger partial charge < -0.3 is 14.8 Å². The molecule has 1 N–H and O–H groups in total. The monoisotopic (exact) mass is 322 g/mol. The van der Waals surface area contributed by atoms with Crippen LogP contribution in [0.2, 0.25) is 0 Å². The minimum Gasteiger partial charge on any atom is -0.468 e. The molecule has 9 nitrogen and oxygen atoms in total. The average Bonchev–Trinajstić information content (AvgIpc) is 2.56. The number of rotatable bonds is 7. The van der Waals surface area contributed by atoms with Gasteiger partial charge >= 0.3 is 11.9 Å². The summed E-state index contributed by atoms with van der Waals surface area (Å²) in [6.45, 7) is -0.855. The van der Waals surface area contributed by atoms with E-state index in [1.807, 2.05) is 0 Å². The highest BCUT2D eigenvalue weighted by Crippen LogP contribution is 2.12. The molecular weight excluding hydrogens is 308 g/mol. The van der Waals surface area contributed by atoms with E-state index in [0.29, 0.717) is 5.56 Å². The fourth-order valence-corrected chi connectivity index (χ4v) is 1.35. The van der Waals surface area contributed by atoms with Gasteiger partial charge in [0.15, 0.2) is 6.61 Å². The lowest BCUT2D eigenvalue weighted by atomic mass is 10.2. The molecule has 0 radical (unpaired) electrons. The number of hydrogen-bond acceptors (Lipinski definition) is 7. The lowest BCUT2D eigenvalue weighted by molar-refractivity contribution is -0.384. The molecule has 1 aromatic carbocycles. The molecule has 9 heteroatoms. The first kappa shape index (κ1) is 17.8. The highest BCUT2D eigenvalue weighted by atomic mass is 16.6. The number of nitrogens with one attached hydrogen (secondary N) is 1. The van der Waals surface area contributed by atoms with Crippen LogP contribution in [0.4, 0.5) is 5.69 Å². The van der Waals surface area contributed by atoms with E-state index in [4.69, 9.17) is 0 Å². The Morgan fingerprint density at radius 3 is 2.48 bits per heavy atom. The number of non-ortho nitro benzene ring substituents is 1. The normalized spacial score (nSPS) is 10.1. The number of nitro benzene ring substituents is 1. The lowest BCUT2D eigenvalue weighted by Gasteiger charge is -2.03. The third kappa shape index (κ3) is 6.85. The number of nitro groups is 1. The average molecular weight is 322 g/mol. The van der Waals surface area contributed by atoms with Crippen molar-refractivity contribution in [3.63, 3.8) is 0 Å². The maximum absolute atomic E-state index is 11.4. The summed E-state index contributed by atoms with van der Waals surface area (Å²) in [7, 11) is 1.18. The second-order valence-electron chi connectivity index (χ2n) is 4.14. The van der Waals surface area contributed by atoms with Gasteiger partial charge in [-0.1, -0.05) is 0 Å². The van der Waals surface area contributed by atoms with Crippen molar-refractivity contribution < 1.29 is 28.8 Å². The first-order valence-corrected chi connectivity index (χ1v) is 6.35. The molecule has 0 atom stereocenters. The van der Waals surface area contributed by atoms with Gasteiger partial charge in [0.2, 0.25) is 0 Å². The summed E-state index contributed by atoms with van der Waals surface area (Å²) in [5.74, 6) is -2.04. The number of hydrogen-bond donors (Lipinski definition) is 1. The Balaban J connectivity index is 2.39. The summed E-state index contributed by atoms with van der Waals surface area (Å²) in [6.07, 6.45) is 2.47. The number of carbonyl (C=O) groups is 3. The van der Waals surface area contributed by atoms with Crippen molar-refractivity contribution in [2.75, 3.05) is 20.3 Å². The van der Waals surface area contributed by atoms with Crippen molar-refractivity contribution in [1.29, 1.82) is 0 Å². The number of nitrogens with zero attached hydrogens (tertiary/aromatic N) is 1. The van der Waals surface area contributed by atoms with Crippen molar-refractivity contribution in [2.45, 2.75) is 0 Å². The van der Waals surface area contributed by atoms with Crippen molar-refractivity contribution >= 4 is 29.6 Å². The van der Waals surface area contributed by atoms with E-state index >= 15 is 0 Å². The predicted molar refractivity (Wildman–Crippen MR) is 78.1 cm³/mol. The summed E-state index contributed by atoms with van der Waals surface area (Å²) < 4.78 is 8.98. The van der Waals surface area contributed by atoms with Crippen LogP contribution in [0, 0.1) is 10.1 Å². The van der Waals surface area contributed by atoms with E-state index in [1.165, 1.54) is 37.5 Å². The Kier molecular flexibility index (Phi) is 6.92. The highest BCUT2D eigenvalue weighted by molar-refractivity contribution is 5.89. The number of methoxy groups -OCH3 is 1. The Morgan fingerprint density at radius 2 is 1.91 bits per heavy atom. The van der Waals surface area contributed by atoms with E-state index in [-0.39, 0.29) is 12.2 Å². The van der Waals surface area contributed by atoms with E-state index in [2.05, 4.69) is 14.8 Å². The van der Waals surface area contributed by atoms with Gasteiger partial charge in [-0.2, -0.15) is 0 Å². The third-order valence-electron chi connectivity index (χ3n) is 2.52. The highest BCUT2D eigenvalue weighted by Gasteiger charge is 2.07. The molecule has 0 saturated carbocycles. The molecular formula is C14H14N2O7. The van der Waals surface area contributed by atoms with Gasteiger partial charge in [0, 0.05) is 18.2 Å². The SMILES string of the molecule is COC(=O)CNC(=O)COC(=O)C=Cc1ccc([N+](=O)[O-])cc1. The van der Waals surface area contributed by atoms with Crippen molar-refractivity contribution in [3.8, 4) is 0 Å². The number of ether oxygens (including phenoxy) is 2. The summed E-state index contributed by atoms with van der Waals surface area (Å²) in [5.41, 5.74) is 0.495. The smallest absolute Gasteiger partial charge is 0.331 e. The topological polar surface area (TPSA) is 125 Å². The summed E-state index contributed by atoms with van der Waals surface area (Å²) in [6, 6.07) is 5.52. The van der Waals surface area contributed by atoms with Crippen LogP contribution in [0.1, 0.15) is 5.56 Å². The van der Waals surface area contributed by atoms with E-state index in [1.54, 1.807) is 0 Å². The first-order chi connectivity index (χ1) is 10.9. The second kappa shape index (κ2) is 8.93. The molecule has 1 aromatic rings. The Bertz CT molecular complexity index is 623. The summed E-state index contributed by atoms with van der Waals surface area (Å²) in [4.78, 5) is 43.4. The Labute approximate surface area is 131 Å². The van der Waals surface area contributed by atoms with Gasteiger partial charge in [-0.3, -0.25) is 19.7 Å². The number of benzene rings is 1. The molecule has 0 unspecified atom stereocenters. The minimum absolute atomic E-state index is 0.0630. The molecule has 1 amide bonds. The van der Waals surface area contributed by atoms with Crippen molar-refractivity contribution in [2.24, 2.45) is 0 Å². The molecule has 0 aliphatic carbocycles. The molecule has 0 bridgehead atoms. The van der Waals surface area contributed by atoms with Gasteiger partial charge in [0.05, 0.1) is 12.0 Å². The van der Waals surface area contributed by atoms with Gasteiger partial charge in [-0.05, 0) is 23.8 Å². The van der Waals surface area contributed by atoms with Crippen LogP contribution in [0.15, 0.2) is 30.3 Å². The summed E-state index contributed by atoms with van der Waals surface area (Å²) >= 11 is 0. The van der Waals surface area contributed by atoms with Gasteiger partial charge in [0.1, 0.15) is 6.54 Å². The van der Waals surface area contributed by atoms with Gasteiger partial charge in [0.25, 0.3) is 11.6 Å².